The van der Waals surface area contributed by atoms with E-state index in [0.717, 1.165) is 27.8 Å². The second-order valence-corrected chi connectivity index (χ2v) is 5.35. The lowest BCUT2D eigenvalue weighted by Crippen LogP contribution is -1.93. The molecule has 3 aromatic heterocycles. The fraction of sp³-hybridized carbons (Fsp3) is 0. The van der Waals surface area contributed by atoms with Crippen molar-refractivity contribution in [1.29, 1.82) is 0 Å². The highest BCUT2D eigenvalue weighted by Crippen LogP contribution is 2.24. The van der Waals surface area contributed by atoms with Gasteiger partial charge in [0.2, 0.25) is 0 Å². The predicted molar refractivity (Wildman–Crippen MR) is 87.1 cm³/mol. The molecule has 0 aliphatic heterocycles. The normalized spacial score (nSPS) is 11.0. The topological polar surface area (TPSA) is 43.6 Å². The van der Waals surface area contributed by atoms with E-state index in [1.54, 1.807) is 24.7 Å². The molecule has 4 aromatic rings. The molecule has 0 radical (unpaired) electrons. The van der Waals surface area contributed by atoms with Crippen LogP contribution >= 0.6 is 11.6 Å². The summed E-state index contributed by atoms with van der Waals surface area (Å²) < 4.78 is 1.83. The van der Waals surface area contributed by atoms with Gasteiger partial charge in [0.25, 0.3) is 0 Å². The Labute approximate surface area is 132 Å². The number of hydrogen-bond donors (Lipinski definition) is 0. The SMILES string of the molecule is Clc1ccnc(-c2ccc3nn(-c4cccnc4)cc3c2)c1. The van der Waals surface area contributed by atoms with Crippen LogP contribution in [-0.2, 0) is 0 Å². The number of benzene rings is 1. The van der Waals surface area contributed by atoms with E-state index in [1.165, 1.54) is 0 Å². The van der Waals surface area contributed by atoms with Crippen LogP contribution in [0.25, 0.3) is 27.8 Å². The van der Waals surface area contributed by atoms with Crippen molar-refractivity contribution in [1.82, 2.24) is 19.7 Å². The van der Waals surface area contributed by atoms with Gasteiger partial charge >= 0.3 is 0 Å². The van der Waals surface area contributed by atoms with Crippen LogP contribution < -0.4 is 0 Å². The van der Waals surface area contributed by atoms with Crippen LogP contribution in [0.1, 0.15) is 0 Å². The van der Waals surface area contributed by atoms with Gasteiger partial charge in [0.1, 0.15) is 0 Å². The van der Waals surface area contributed by atoms with Gasteiger partial charge in [-0.25, -0.2) is 4.68 Å². The predicted octanol–water partition coefficient (Wildman–Crippen LogP) is 4.14. The van der Waals surface area contributed by atoms with Gasteiger partial charge in [-0.2, -0.15) is 5.10 Å². The summed E-state index contributed by atoms with van der Waals surface area (Å²) in [5.41, 5.74) is 3.72. The minimum absolute atomic E-state index is 0.677. The van der Waals surface area contributed by atoms with E-state index in [4.69, 9.17) is 11.6 Å². The third-order valence-corrected chi connectivity index (χ3v) is 3.67. The standard InChI is InChI=1S/C17H11ClN4/c18-14-5-7-20-17(9-14)12-3-4-16-13(8-12)11-22(21-16)15-2-1-6-19-10-15/h1-11H. The van der Waals surface area contributed by atoms with E-state index in [-0.39, 0.29) is 0 Å². The van der Waals surface area contributed by atoms with E-state index in [2.05, 4.69) is 21.1 Å². The Hall–Kier alpha value is -2.72. The van der Waals surface area contributed by atoms with Crippen molar-refractivity contribution in [3.63, 3.8) is 0 Å². The van der Waals surface area contributed by atoms with Crippen molar-refractivity contribution >= 4 is 22.5 Å². The summed E-state index contributed by atoms with van der Waals surface area (Å²) >= 11 is 6.03. The van der Waals surface area contributed by atoms with Crippen molar-refractivity contribution in [2.45, 2.75) is 0 Å². The molecule has 3 heterocycles. The van der Waals surface area contributed by atoms with Gasteiger partial charge in [0.15, 0.2) is 0 Å². The maximum atomic E-state index is 6.03. The van der Waals surface area contributed by atoms with Crippen molar-refractivity contribution in [2.24, 2.45) is 0 Å². The average molecular weight is 307 g/mol. The highest BCUT2D eigenvalue weighted by atomic mass is 35.5. The summed E-state index contributed by atoms with van der Waals surface area (Å²) in [6.07, 6.45) is 7.22. The van der Waals surface area contributed by atoms with Gasteiger partial charge < -0.3 is 0 Å². The minimum atomic E-state index is 0.677. The molecule has 0 bridgehead atoms. The summed E-state index contributed by atoms with van der Waals surface area (Å²) in [5.74, 6) is 0. The quantitative estimate of drug-likeness (QED) is 0.559. The summed E-state index contributed by atoms with van der Waals surface area (Å²) in [4.78, 5) is 8.48. The molecule has 0 spiro atoms. The first-order chi connectivity index (χ1) is 10.8. The summed E-state index contributed by atoms with van der Waals surface area (Å²) in [5, 5.41) is 6.29. The first-order valence-corrected chi connectivity index (χ1v) is 7.19. The Bertz CT molecular complexity index is 947. The molecule has 0 fully saturated rings. The van der Waals surface area contributed by atoms with Crippen LogP contribution in [0.3, 0.4) is 0 Å². The fourth-order valence-electron chi connectivity index (χ4n) is 2.37. The summed E-state index contributed by atoms with van der Waals surface area (Å²) in [6.45, 7) is 0. The van der Waals surface area contributed by atoms with Gasteiger partial charge in [-0.1, -0.05) is 17.7 Å². The second kappa shape index (κ2) is 5.24. The molecular weight excluding hydrogens is 296 g/mol. The lowest BCUT2D eigenvalue weighted by atomic mass is 10.1. The third kappa shape index (κ3) is 2.34. The molecule has 5 heteroatoms. The van der Waals surface area contributed by atoms with Crippen LogP contribution in [0.15, 0.2) is 67.3 Å². The maximum absolute atomic E-state index is 6.03. The highest BCUT2D eigenvalue weighted by Gasteiger charge is 2.06. The van der Waals surface area contributed by atoms with Crippen LogP contribution in [0.4, 0.5) is 0 Å². The van der Waals surface area contributed by atoms with Crippen molar-refractivity contribution in [3.05, 3.63) is 72.3 Å². The van der Waals surface area contributed by atoms with Gasteiger partial charge in [-0.15, -0.1) is 0 Å². The minimum Gasteiger partial charge on any atom is -0.262 e. The largest absolute Gasteiger partial charge is 0.262 e. The first-order valence-electron chi connectivity index (χ1n) is 6.81. The van der Waals surface area contributed by atoms with Crippen LogP contribution in [0.2, 0.25) is 5.02 Å². The molecule has 0 saturated carbocycles. The molecule has 0 unspecified atom stereocenters. The van der Waals surface area contributed by atoms with Crippen molar-refractivity contribution in [2.75, 3.05) is 0 Å². The monoisotopic (exact) mass is 306 g/mol. The average Bonchev–Trinajstić information content (AvgIpc) is 2.99. The van der Waals surface area contributed by atoms with Crippen LogP contribution in [0.5, 0.6) is 0 Å². The molecule has 0 aliphatic rings. The van der Waals surface area contributed by atoms with Crippen molar-refractivity contribution < 1.29 is 0 Å². The Morgan fingerprint density at radius 1 is 1.00 bits per heavy atom. The number of pyridine rings is 2. The summed E-state index contributed by atoms with van der Waals surface area (Å²) in [6, 6.07) is 13.5. The maximum Gasteiger partial charge on any atom is 0.0928 e. The zero-order valence-electron chi connectivity index (χ0n) is 11.5. The molecular formula is C17H11ClN4. The molecule has 22 heavy (non-hydrogen) atoms. The van der Waals surface area contributed by atoms with E-state index in [9.17, 15) is 0 Å². The number of nitrogens with zero attached hydrogens (tertiary/aromatic N) is 4. The van der Waals surface area contributed by atoms with Crippen molar-refractivity contribution in [3.8, 4) is 16.9 Å². The molecule has 0 saturated heterocycles. The lowest BCUT2D eigenvalue weighted by molar-refractivity contribution is 0.889. The summed E-state index contributed by atoms with van der Waals surface area (Å²) in [7, 11) is 0. The Morgan fingerprint density at radius 2 is 1.95 bits per heavy atom. The van der Waals surface area contributed by atoms with E-state index in [1.807, 2.05) is 41.2 Å². The first kappa shape index (κ1) is 13.0. The molecule has 0 N–H and O–H groups in total. The molecule has 4 nitrogen and oxygen atoms in total. The molecule has 106 valence electrons. The van der Waals surface area contributed by atoms with Crippen LogP contribution in [-0.4, -0.2) is 19.7 Å². The Kier molecular flexibility index (Phi) is 3.09. The zero-order valence-corrected chi connectivity index (χ0v) is 12.3. The number of halogens is 1. The molecule has 1 aromatic carbocycles. The lowest BCUT2D eigenvalue weighted by Gasteiger charge is -2.00. The van der Waals surface area contributed by atoms with E-state index in [0.29, 0.717) is 5.02 Å². The third-order valence-electron chi connectivity index (χ3n) is 3.43. The van der Waals surface area contributed by atoms with E-state index >= 15 is 0 Å². The number of hydrogen-bond acceptors (Lipinski definition) is 3. The number of rotatable bonds is 2. The molecule has 0 aliphatic carbocycles. The van der Waals surface area contributed by atoms with E-state index < -0.39 is 0 Å². The molecule has 0 atom stereocenters. The van der Waals surface area contributed by atoms with Gasteiger partial charge in [-0.05, 0) is 36.4 Å². The number of fused-ring (bicyclic) bond motifs is 1. The molecule has 0 amide bonds. The van der Waals surface area contributed by atoms with Gasteiger partial charge in [0.05, 0.1) is 23.1 Å². The fourth-order valence-corrected chi connectivity index (χ4v) is 2.53. The van der Waals surface area contributed by atoms with Crippen LogP contribution in [0, 0.1) is 0 Å². The molecule has 4 rings (SSSR count). The zero-order chi connectivity index (χ0) is 14.9. The Morgan fingerprint density at radius 3 is 2.77 bits per heavy atom. The van der Waals surface area contributed by atoms with Gasteiger partial charge in [-0.3, -0.25) is 9.97 Å². The number of aromatic nitrogens is 4. The smallest absolute Gasteiger partial charge is 0.0928 e. The van der Waals surface area contributed by atoms with Gasteiger partial charge in [0, 0.05) is 34.6 Å². The Balaban J connectivity index is 1.82. The second-order valence-electron chi connectivity index (χ2n) is 4.92. The highest BCUT2D eigenvalue weighted by molar-refractivity contribution is 6.30.